The summed E-state index contributed by atoms with van der Waals surface area (Å²) in [5.41, 5.74) is 0. The maximum Gasteiger partial charge on any atom is 0.146 e. The van der Waals surface area contributed by atoms with Gasteiger partial charge in [-0.2, -0.15) is 0 Å². The highest BCUT2D eigenvalue weighted by Crippen LogP contribution is 2.23. The molecule has 1 rings (SSSR count). The third-order valence-corrected chi connectivity index (χ3v) is 1.60. The monoisotopic (exact) mass is 189 g/mol. The first-order valence-corrected chi connectivity index (χ1v) is 3.25. The Morgan fingerprint density at radius 3 is 2.67 bits per heavy atom. The van der Waals surface area contributed by atoms with Crippen molar-refractivity contribution in [3.05, 3.63) is 29.5 Å². The molecule has 49 valence electrons. The Balaban J connectivity index is 2.94. The zero-order chi connectivity index (χ0) is 6.85. The highest BCUT2D eigenvalue weighted by atomic mass is 79.9. The standard InChI is InChI=1S/C6H6BrO2/c1-4(8)6-5(7)2-3-9-6/h2-4,8H,1H2. The summed E-state index contributed by atoms with van der Waals surface area (Å²) in [5.74, 6) is 0.468. The van der Waals surface area contributed by atoms with Crippen LogP contribution in [0.3, 0.4) is 0 Å². The normalized spacial score (nSPS) is 13.7. The molecule has 0 aromatic carbocycles. The zero-order valence-electron chi connectivity index (χ0n) is 4.67. The predicted octanol–water partition coefficient (Wildman–Crippen LogP) is 1.91. The van der Waals surface area contributed by atoms with Crippen LogP contribution in [0.4, 0.5) is 0 Å². The summed E-state index contributed by atoms with van der Waals surface area (Å²) < 4.78 is 5.62. The van der Waals surface area contributed by atoms with E-state index in [2.05, 4.69) is 22.9 Å². The molecule has 9 heavy (non-hydrogen) atoms. The average molecular weight is 190 g/mol. The number of hydrogen-bond acceptors (Lipinski definition) is 2. The Bertz CT molecular complexity index is 193. The van der Waals surface area contributed by atoms with Gasteiger partial charge in [-0.1, -0.05) is 0 Å². The Labute approximate surface area is 61.6 Å². The van der Waals surface area contributed by atoms with E-state index < -0.39 is 6.10 Å². The minimum Gasteiger partial charge on any atom is -0.465 e. The van der Waals surface area contributed by atoms with Crippen LogP contribution in [-0.4, -0.2) is 5.11 Å². The van der Waals surface area contributed by atoms with Crippen LogP contribution in [-0.2, 0) is 0 Å². The van der Waals surface area contributed by atoms with Gasteiger partial charge in [-0.05, 0) is 28.9 Å². The third kappa shape index (κ3) is 1.34. The van der Waals surface area contributed by atoms with E-state index in [0.29, 0.717) is 5.76 Å². The molecule has 0 aliphatic heterocycles. The van der Waals surface area contributed by atoms with Crippen LogP contribution in [0, 0.1) is 6.92 Å². The minimum atomic E-state index is -0.783. The van der Waals surface area contributed by atoms with Crippen molar-refractivity contribution in [2.24, 2.45) is 0 Å². The van der Waals surface area contributed by atoms with Gasteiger partial charge in [-0.15, -0.1) is 0 Å². The number of hydrogen-bond donors (Lipinski definition) is 1. The van der Waals surface area contributed by atoms with Crippen LogP contribution < -0.4 is 0 Å². The quantitative estimate of drug-likeness (QED) is 0.733. The van der Waals surface area contributed by atoms with E-state index in [1.807, 2.05) is 0 Å². The molecule has 1 unspecified atom stereocenters. The molecule has 1 heterocycles. The Kier molecular flexibility index (Phi) is 1.93. The lowest BCUT2D eigenvalue weighted by Crippen LogP contribution is -1.87. The molecule has 0 fully saturated rings. The summed E-state index contributed by atoms with van der Waals surface area (Å²) in [6, 6.07) is 1.71. The van der Waals surface area contributed by atoms with Gasteiger partial charge in [0, 0.05) is 0 Å². The lowest BCUT2D eigenvalue weighted by Gasteiger charge is -1.97. The molecule has 0 aliphatic carbocycles. The van der Waals surface area contributed by atoms with Crippen LogP contribution in [0.2, 0.25) is 0 Å². The molecule has 1 aromatic heterocycles. The lowest BCUT2D eigenvalue weighted by molar-refractivity contribution is 0.193. The van der Waals surface area contributed by atoms with E-state index in [-0.39, 0.29) is 0 Å². The van der Waals surface area contributed by atoms with Gasteiger partial charge in [0.1, 0.15) is 11.9 Å². The molecule has 1 N–H and O–H groups in total. The van der Waals surface area contributed by atoms with Gasteiger partial charge in [-0.3, -0.25) is 0 Å². The number of halogens is 1. The number of rotatable bonds is 1. The molecule has 3 heteroatoms. The van der Waals surface area contributed by atoms with Crippen molar-refractivity contribution in [1.29, 1.82) is 0 Å². The van der Waals surface area contributed by atoms with E-state index in [1.165, 1.54) is 6.26 Å². The minimum absolute atomic E-state index is 0.468. The first-order chi connectivity index (χ1) is 4.22. The first-order valence-electron chi connectivity index (χ1n) is 2.46. The molecule has 0 spiro atoms. The fourth-order valence-corrected chi connectivity index (χ4v) is 1.01. The van der Waals surface area contributed by atoms with E-state index >= 15 is 0 Å². The second kappa shape index (κ2) is 2.54. The van der Waals surface area contributed by atoms with Crippen LogP contribution in [0.5, 0.6) is 0 Å². The Hall–Kier alpha value is -0.280. The van der Waals surface area contributed by atoms with E-state index in [9.17, 15) is 0 Å². The van der Waals surface area contributed by atoms with Crippen molar-refractivity contribution < 1.29 is 9.52 Å². The van der Waals surface area contributed by atoms with Crippen LogP contribution in [0.25, 0.3) is 0 Å². The van der Waals surface area contributed by atoms with Crippen molar-refractivity contribution in [2.75, 3.05) is 0 Å². The summed E-state index contributed by atoms with van der Waals surface area (Å²) in [6.45, 7) is 3.37. The molecule has 0 saturated carbocycles. The summed E-state index contributed by atoms with van der Waals surface area (Å²) in [5, 5.41) is 8.86. The predicted molar refractivity (Wildman–Crippen MR) is 36.7 cm³/mol. The fourth-order valence-electron chi connectivity index (χ4n) is 0.543. The number of aliphatic hydroxyl groups excluding tert-OH is 1. The number of aliphatic hydroxyl groups is 1. The lowest BCUT2D eigenvalue weighted by atomic mass is 10.3. The van der Waals surface area contributed by atoms with Crippen LogP contribution >= 0.6 is 15.9 Å². The fraction of sp³-hybridized carbons (Fsp3) is 0.167. The van der Waals surface area contributed by atoms with Crippen molar-refractivity contribution in [3.8, 4) is 0 Å². The van der Waals surface area contributed by atoms with Crippen molar-refractivity contribution in [1.82, 2.24) is 0 Å². The molecular formula is C6H6BrO2. The molecule has 2 nitrogen and oxygen atoms in total. The summed E-state index contributed by atoms with van der Waals surface area (Å²) >= 11 is 3.17. The molecule has 0 saturated heterocycles. The highest BCUT2D eigenvalue weighted by molar-refractivity contribution is 9.10. The SMILES string of the molecule is [CH2]C(O)c1occc1Br. The van der Waals surface area contributed by atoms with Crippen LogP contribution in [0.1, 0.15) is 11.9 Å². The Morgan fingerprint density at radius 1 is 1.78 bits per heavy atom. The smallest absolute Gasteiger partial charge is 0.146 e. The van der Waals surface area contributed by atoms with Gasteiger partial charge in [0.2, 0.25) is 0 Å². The maximum atomic E-state index is 8.86. The van der Waals surface area contributed by atoms with Gasteiger partial charge >= 0.3 is 0 Å². The average Bonchev–Trinajstić information content (AvgIpc) is 2.13. The largest absolute Gasteiger partial charge is 0.465 e. The number of furan rings is 1. The second-order valence-electron chi connectivity index (χ2n) is 1.65. The summed E-state index contributed by atoms with van der Waals surface area (Å²) in [6.07, 6.45) is 0.711. The second-order valence-corrected chi connectivity index (χ2v) is 2.50. The van der Waals surface area contributed by atoms with Gasteiger partial charge in [0.25, 0.3) is 0 Å². The van der Waals surface area contributed by atoms with Crippen molar-refractivity contribution >= 4 is 15.9 Å². The molecular weight excluding hydrogens is 184 g/mol. The van der Waals surface area contributed by atoms with Gasteiger partial charge in [0.15, 0.2) is 0 Å². The van der Waals surface area contributed by atoms with Crippen LogP contribution in [0.15, 0.2) is 21.2 Å². The topological polar surface area (TPSA) is 33.4 Å². The van der Waals surface area contributed by atoms with Crippen molar-refractivity contribution in [2.45, 2.75) is 6.10 Å². The molecule has 0 aliphatic rings. The Morgan fingerprint density at radius 2 is 2.44 bits per heavy atom. The van der Waals surface area contributed by atoms with Gasteiger partial charge < -0.3 is 9.52 Å². The molecule has 0 bridgehead atoms. The van der Waals surface area contributed by atoms with Gasteiger partial charge in [0.05, 0.1) is 10.7 Å². The van der Waals surface area contributed by atoms with Gasteiger partial charge in [-0.25, -0.2) is 0 Å². The van der Waals surface area contributed by atoms with Crippen molar-refractivity contribution in [3.63, 3.8) is 0 Å². The summed E-state index contributed by atoms with van der Waals surface area (Å²) in [4.78, 5) is 0. The molecule has 1 radical (unpaired) electrons. The third-order valence-electron chi connectivity index (χ3n) is 0.947. The van der Waals surface area contributed by atoms with E-state index in [4.69, 9.17) is 9.52 Å². The molecule has 1 aromatic rings. The summed E-state index contributed by atoms with van der Waals surface area (Å²) in [7, 11) is 0. The highest BCUT2D eigenvalue weighted by Gasteiger charge is 2.07. The maximum absolute atomic E-state index is 8.86. The van der Waals surface area contributed by atoms with E-state index in [0.717, 1.165) is 4.47 Å². The molecule has 1 atom stereocenters. The van der Waals surface area contributed by atoms with E-state index in [1.54, 1.807) is 6.07 Å². The molecule has 0 amide bonds. The first kappa shape index (κ1) is 6.83. The zero-order valence-corrected chi connectivity index (χ0v) is 6.26.